The molecule has 5 heteroatoms. The van der Waals surface area contributed by atoms with Gasteiger partial charge in [-0.05, 0) is 31.0 Å². The van der Waals surface area contributed by atoms with E-state index in [4.69, 9.17) is 11.6 Å². The molecule has 1 aromatic heterocycles. The fourth-order valence-electron chi connectivity index (χ4n) is 2.21. The number of nitrogens with one attached hydrogen (secondary N) is 1. The summed E-state index contributed by atoms with van der Waals surface area (Å²) >= 11 is 5.74. The molecule has 1 saturated heterocycles. The summed E-state index contributed by atoms with van der Waals surface area (Å²) in [7, 11) is 1.68. The van der Waals surface area contributed by atoms with Gasteiger partial charge in [0.2, 0.25) is 5.91 Å². The molecule has 1 N–H and O–H groups in total. The highest BCUT2D eigenvalue weighted by molar-refractivity contribution is 6.29. The van der Waals surface area contributed by atoms with E-state index in [-0.39, 0.29) is 11.9 Å². The zero-order valence-corrected chi connectivity index (χ0v) is 10.6. The Labute approximate surface area is 106 Å². The molecule has 1 unspecified atom stereocenters. The first-order valence-electron chi connectivity index (χ1n) is 5.77. The van der Waals surface area contributed by atoms with Crippen LogP contribution in [0.4, 0.5) is 0 Å². The summed E-state index contributed by atoms with van der Waals surface area (Å²) in [6.45, 7) is 1.71. The van der Waals surface area contributed by atoms with Crippen molar-refractivity contribution in [3.8, 4) is 0 Å². The van der Waals surface area contributed by atoms with Crippen LogP contribution in [-0.2, 0) is 11.3 Å². The van der Waals surface area contributed by atoms with Gasteiger partial charge in [-0.25, -0.2) is 4.98 Å². The molecule has 92 valence electrons. The highest BCUT2D eigenvalue weighted by Crippen LogP contribution is 2.20. The monoisotopic (exact) mass is 253 g/mol. The van der Waals surface area contributed by atoms with Crippen molar-refractivity contribution in [2.24, 2.45) is 0 Å². The van der Waals surface area contributed by atoms with Crippen LogP contribution in [0.2, 0.25) is 5.15 Å². The first-order valence-corrected chi connectivity index (χ1v) is 6.14. The predicted molar refractivity (Wildman–Crippen MR) is 66.7 cm³/mol. The molecule has 1 aliphatic rings. The number of halogens is 1. The summed E-state index contributed by atoms with van der Waals surface area (Å²) in [5.74, 6) is 0.101. The molecule has 2 heterocycles. The van der Waals surface area contributed by atoms with Gasteiger partial charge in [0.05, 0.1) is 6.04 Å². The van der Waals surface area contributed by atoms with Crippen LogP contribution >= 0.6 is 11.6 Å². The maximum Gasteiger partial charge on any atom is 0.237 e. The Bertz CT molecular complexity index is 393. The van der Waals surface area contributed by atoms with Crippen molar-refractivity contribution in [3.05, 3.63) is 29.0 Å². The molecule has 0 aliphatic carbocycles. The van der Waals surface area contributed by atoms with Crippen LogP contribution in [0.25, 0.3) is 0 Å². The van der Waals surface area contributed by atoms with Crippen molar-refractivity contribution >= 4 is 17.5 Å². The van der Waals surface area contributed by atoms with Gasteiger partial charge in [0.25, 0.3) is 0 Å². The van der Waals surface area contributed by atoms with Gasteiger partial charge in [-0.2, -0.15) is 0 Å². The van der Waals surface area contributed by atoms with Crippen LogP contribution in [0.3, 0.4) is 0 Å². The van der Waals surface area contributed by atoms with Crippen molar-refractivity contribution in [1.29, 1.82) is 0 Å². The number of pyridine rings is 1. The van der Waals surface area contributed by atoms with Crippen LogP contribution in [0.5, 0.6) is 0 Å². The van der Waals surface area contributed by atoms with E-state index in [1.165, 1.54) is 0 Å². The quantitative estimate of drug-likeness (QED) is 0.830. The van der Waals surface area contributed by atoms with Crippen LogP contribution in [0, 0.1) is 0 Å². The Kier molecular flexibility index (Phi) is 3.97. The molecule has 0 spiro atoms. The Morgan fingerprint density at radius 3 is 3.12 bits per heavy atom. The smallest absolute Gasteiger partial charge is 0.237 e. The van der Waals surface area contributed by atoms with Gasteiger partial charge in [0, 0.05) is 19.8 Å². The molecular weight excluding hydrogens is 238 g/mol. The predicted octanol–water partition coefficient (Wildman–Crippen LogP) is 1.45. The SMILES string of the molecule is CNC(=O)C1CCCN1Cc1ccc(Cl)nc1. The molecule has 1 aliphatic heterocycles. The van der Waals surface area contributed by atoms with Crippen molar-refractivity contribution in [2.45, 2.75) is 25.4 Å². The molecule has 1 fully saturated rings. The van der Waals surface area contributed by atoms with Gasteiger partial charge in [-0.3, -0.25) is 9.69 Å². The topological polar surface area (TPSA) is 45.2 Å². The van der Waals surface area contributed by atoms with E-state index in [0.717, 1.165) is 31.5 Å². The molecule has 1 atom stereocenters. The van der Waals surface area contributed by atoms with Crippen molar-refractivity contribution in [3.63, 3.8) is 0 Å². The minimum absolute atomic E-state index is 0.00400. The number of likely N-dealkylation sites (N-methyl/N-ethyl adjacent to an activating group) is 1. The van der Waals surface area contributed by atoms with E-state index in [1.807, 2.05) is 6.07 Å². The number of likely N-dealkylation sites (tertiary alicyclic amines) is 1. The Hall–Kier alpha value is -1.13. The molecule has 0 radical (unpaired) electrons. The summed E-state index contributed by atoms with van der Waals surface area (Å²) in [4.78, 5) is 17.9. The van der Waals surface area contributed by atoms with Crippen LogP contribution in [0.15, 0.2) is 18.3 Å². The number of rotatable bonds is 3. The summed E-state index contributed by atoms with van der Waals surface area (Å²) in [6, 6.07) is 3.73. The second-order valence-corrected chi connectivity index (χ2v) is 4.62. The Morgan fingerprint density at radius 1 is 1.65 bits per heavy atom. The normalized spacial score (nSPS) is 20.5. The number of nitrogens with zero attached hydrogens (tertiary/aromatic N) is 2. The molecule has 4 nitrogen and oxygen atoms in total. The van der Waals surface area contributed by atoms with E-state index in [2.05, 4.69) is 15.2 Å². The second kappa shape index (κ2) is 5.47. The second-order valence-electron chi connectivity index (χ2n) is 4.23. The highest BCUT2D eigenvalue weighted by Gasteiger charge is 2.29. The first-order chi connectivity index (χ1) is 8.20. The third-order valence-corrected chi connectivity index (χ3v) is 3.31. The van der Waals surface area contributed by atoms with Gasteiger partial charge in [0.1, 0.15) is 5.15 Å². The maximum absolute atomic E-state index is 11.7. The Balaban J connectivity index is 2.02. The lowest BCUT2D eigenvalue weighted by atomic mass is 10.2. The van der Waals surface area contributed by atoms with Gasteiger partial charge < -0.3 is 5.32 Å². The van der Waals surface area contributed by atoms with Gasteiger partial charge in [0.15, 0.2) is 0 Å². The summed E-state index contributed by atoms with van der Waals surface area (Å²) in [5.41, 5.74) is 1.09. The van der Waals surface area contributed by atoms with Gasteiger partial charge >= 0.3 is 0 Å². The molecular formula is C12H16ClN3O. The third-order valence-electron chi connectivity index (χ3n) is 3.09. The lowest BCUT2D eigenvalue weighted by Gasteiger charge is -2.22. The van der Waals surface area contributed by atoms with Crippen molar-refractivity contribution in [1.82, 2.24) is 15.2 Å². The average Bonchev–Trinajstić information content (AvgIpc) is 2.79. The summed E-state index contributed by atoms with van der Waals surface area (Å²) in [5, 5.41) is 3.21. The minimum atomic E-state index is -0.00400. The molecule has 1 amide bonds. The minimum Gasteiger partial charge on any atom is -0.358 e. The highest BCUT2D eigenvalue weighted by atomic mass is 35.5. The third kappa shape index (κ3) is 2.96. The number of hydrogen-bond acceptors (Lipinski definition) is 3. The van der Waals surface area contributed by atoms with Crippen LogP contribution in [0.1, 0.15) is 18.4 Å². The zero-order valence-electron chi connectivity index (χ0n) is 9.82. The lowest BCUT2D eigenvalue weighted by Crippen LogP contribution is -2.41. The van der Waals surface area contributed by atoms with E-state index in [1.54, 1.807) is 19.3 Å². The van der Waals surface area contributed by atoms with Crippen molar-refractivity contribution < 1.29 is 4.79 Å². The number of carbonyl (C=O) groups excluding carboxylic acids is 1. The Morgan fingerprint density at radius 2 is 2.47 bits per heavy atom. The van der Waals surface area contributed by atoms with E-state index < -0.39 is 0 Å². The molecule has 0 saturated carbocycles. The van der Waals surface area contributed by atoms with E-state index in [9.17, 15) is 4.79 Å². The zero-order chi connectivity index (χ0) is 12.3. The number of amides is 1. The van der Waals surface area contributed by atoms with Crippen LogP contribution in [-0.4, -0.2) is 35.4 Å². The number of aromatic nitrogens is 1. The standard InChI is InChI=1S/C12H16ClN3O/c1-14-12(17)10-3-2-6-16(10)8-9-4-5-11(13)15-7-9/h4-5,7,10H,2-3,6,8H2,1H3,(H,14,17). The maximum atomic E-state index is 11.7. The molecule has 0 aromatic carbocycles. The van der Waals surface area contributed by atoms with E-state index >= 15 is 0 Å². The molecule has 2 rings (SSSR count). The number of carbonyl (C=O) groups is 1. The first kappa shape index (κ1) is 12.3. The van der Waals surface area contributed by atoms with Gasteiger partial charge in [-0.1, -0.05) is 17.7 Å². The summed E-state index contributed by atoms with van der Waals surface area (Å²) < 4.78 is 0. The number of hydrogen-bond donors (Lipinski definition) is 1. The molecule has 0 bridgehead atoms. The van der Waals surface area contributed by atoms with Gasteiger partial charge in [-0.15, -0.1) is 0 Å². The largest absolute Gasteiger partial charge is 0.358 e. The average molecular weight is 254 g/mol. The fraction of sp³-hybridized carbons (Fsp3) is 0.500. The van der Waals surface area contributed by atoms with Crippen LogP contribution < -0.4 is 5.32 Å². The van der Waals surface area contributed by atoms with Crippen molar-refractivity contribution in [2.75, 3.05) is 13.6 Å². The fourth-order valence-corrected chi connectivity index (χ4v) is 2.33. The summed E-state index contributed by atoms with van der Waals surface area (Å²) in [6.07, 6.45) is 3.77. The lowest BCUT2D eigenvalue weighted by molar-refractivity contribution is -0.125. The molecule has 1 aromatic rings. The van der Waals surface area contributed by atoms with E-state index in [0.29, 0.717) is 5.15 Å². The molecule has 17 heavy (non-hydrogen) atoms.